The summed E-state index contributed by atoms with van der Waals surface area (Å²) in [5, 5.41) is 36.1. The zero-order valence-corrected chi connectivity index (χ0v) is 12.9. The van der Waals surface area contributed by atoms with Crippen molar-refractivity contribution >= 4 is 17.6 Å². The second kappa shape index (κ2) is 5.10. The summed E-state index contributed by atoms with van der Waals surface area (Å²) in [5.41, 5.74) is -1.25. The Morgan fingerprint density at radius 3 is 2.36 bits per heavy atom. The van der Waals surface area contributed by atoms with Crippen molar-refractivity contribution in [3.8, 4) is 0 Å². The third-order valence-electron chi connectivity index (χ3n) is 4.43. The van der Waals surface area contributed by atoms with Gasteiger partial charge in [0.2, 0.25) is 0 Å². The normalized spacial score (nSPS) is 20.0. The molecule has 0 amide bonds. The third kappa shape index (κ3) is 2.33. The summed E-state index contributed by atoms with van der Waals surface area (Å²) >= 11 is 0. The molecule has 1 aromatic rings. The van der Waals surface area contributed by atoms with Crippen LogP contribution in [0.4, 0.5) is 5.69 Å². The van der Waals surface area contributed by atoms with Gasteiger partial charge < -0.3 is 5.21 Å². The molecule has 0 atom stereocenters. The van der Waals surface area contributed by atoms with Gasteiger partial charge in [-0.25, -0.2) is 0 Å². The molecule has 1 heterocycles. The van der Waals surface area contributed by atoms with Crippen molar-refractivity contribution in [3.05, 3.63) is 51.2 Å². The Hall–Kier alpha value is -2.41. The Morgan fingerprint density at radius 1 is 1.23 bits per heavy atom. The molecule has 117 valence electrons. The summed E-state index contributed by atoms with van der Waals surface area (Å²) in [6.45, 7) is 6.83. The van der Waals surface area contributed by atoms with Gasteiger partial charge in [-0.1, -0.05) is 17.2 Å². The van der Waals surface area contributed by atoms with E-state index in [1.165, 1.54) is 24.3 Å². The molecule has 1 aliphatic rings. The molecule has 1 aliphatic heterocycles. The van der Waals surface area contributed by atoms with Crippen molar-refractivity contribution < 1.29 is 14.9 Å². The lowest BCUT2D eigenvalue weighted by Gasteiger charge is -2.32. The minimum atomic E-state index is -0.878. The average Bonchev–Trinajstić information content (AvgIpc) is 2.56. The van der Waals surface area contributed by atoms with Crippen molar-refractivity contribution in [1.82, 2.24) is 5.06 Å². The number of non-ortho nitro benzene ring substituents is 1. The maximum Gasteiger partial charge on any atom is 0.309 e. The standard InChI is InChI=1S/C15H18N3O4/c1-14(2)15(3,4)17(20)13(16(14)19)9-8-11-6-5-7-12(10-11)18(21)22/h5-10H,1-4H3/b9-8+. The number of amidine groups is 1. The molecule has 0 saturated heterocycles. The number of nitro benzene ring substituents is 1. The van der Waals surface area contributed by atoms with E-state index in [1.807, 2.05) is 0 Å². The average molecular weight is 304 g/mol. The van der Waals surface area contributed by atoms with Crippen molar-refractivity contribution in [3.63, 3.8) is 0 Å². The fraction of sp³-hybridized carbons (Fsp3) is 0.400. The molecule has 2 rings (SSSR count). The maximum absolute atomic E-state index is 12.3. The van der Waals surface area contributed by atoms with E-state index in [-0.39, 0.29) is 11.5 Å². The molecule has 0 aliphatic carbocycles. The molecule has 0 aromatic heterocycles. The van der Waals surface area contributed by atoms with Gasteiger partial charge in [0.05, 0.1) is 4.92 Å². The van der Waals surface area contributed by atoms with Crippen molar-refractivity contribution in [1.29, 1.82) is 0 Å². The molecule has 0 fully saturated rings. The highest BCUT2D eigenvalue weighted by Crippen LogP contribution is 2.36. The third-order valence-corrected chi connectivity index (χ3v) is 4.43. The van der Waals surface area contributed by atoms with E-state index >= 15 is 0 Å². The van der Waals surface area contributed by atoms with Gasteiger partial charge in [-0.05, 0) is 39.3 Å². The SMILES string of the molecule is CC1(C)N([O])C(/C=C/c2cccc([N+](=O)[O-])c2)=[N+]([O-])C1(C)C. The Morgan fingerprint density at radius 2 is 1.86 bits per heavy atom. The summed E-state index contributed by atoms with van der Waals surface area (Å²) in [6, 6.07) is 5.98. The molecule has 0 unspecified atom stereocenters. The predicted octanol–water partition coefficient (Wildman–Crippen LogP) is 2.74. The molecule has 0 saturated carbocycles. The van der Waals surface area contributed by atoms with Crippen LogP contribution in [0.15, 0.2) is 30.3 Å². The van der Waals surface area contributed by atoms with Crippen molar-refractivity contribution in [2.45, 2.75) is 38.8 Å². The van der Waals surface area contributed by atoms with Crippen molar-refractivity contribution in [2.24, 2.45) is 0 Å². The van der Waals surface area contributed by atoms with Gasteiger partial charge in [0.15, 0.2) is 5.54 Å². The van der Waals surface area contributed by atoms with E-state index in [0.717, 1.165) is 0 Å². The molecule has 22 heavy (non-hydrogen) atoms. The summed E-state index contributed by atoms with van der Waals surface area (Å²) in [5.74, 6) is -0.0125. The number of benzene rings is 1. The summed E-state index contributed by atoms with van der Waals surface area (Å²) in [6.07, 6.45) is 2.92. The quantitative estimate of drug-likeness (QED) is 0.371. The Labute approximate surface area is 128 Å². The van der Waals surface area contributed by atoms with E-state index in [1.54, 1.807) is 39.8 Å². The van der Waals surface area contributed by atoms with Crippen LogP contribution in [0.3, 0.4) is 0 Å². The van der Waals surface area contributed by atoms with Gasteiger partial charge in [0, 0.05) is 23.4 Å². The first-order chi connectivity index (χ1) is 10.1. The summed E-state index contributed by atoms with van der Waals surface area (Å²) < 4.78 is 0.688. The molecule has 1 aromatic carbocycles. The first-order valence-corrected chi connectivity index (χ1v) is 6.83. The fourth-order valence-corrected chi connectivity index (χ4v) is 2.20. The van der Waals surface area contributed by atoms with Crippen LogP contribution in [-0.4, -0.2) is 31.6 Å². The van der Waals surface area contributed by atoms with E-state index in [2.05, 4.69) is 0 Å². The largest absolute Gasteiger partial charge is 0.714 e. The second-order valence-electron chi connectivity index (χ2n) is 6.25. The highest BCUT2D eigenvalue weighted by atomic mass is 16.6. The molecule has 7 nitrogen and oxygen atoms in total. The topological polar surface area (TPSA) is 92.4 Å². The smallest absolute Gasteiger partial charge is 0.309 e. The number of hydrogen-bond donors (Lipinski definition) is 0. The van der Waals surface area contributed by atoms with Gasteiger partial charge in [-0.15, -0.1) is 0 Å². The molecule has 0 N–H and O–H groups in total. The van der Waals surface area contributed by atoms with Gasteiger partial charge >= 0.3 is 5.84 Å². The minimum absolute atomic E-state index is 0.0125. The van der Waals surface area contributed by atoms with E-state index in [4.69, 9.17) is 0 Å². The zero-order valence-electron chi connectivity index (χ0n) is 12.9. The Bertz CT molecular complexity index is 677. The van der Waals surface area contributed by atoms with E-state index < -0.39 is 16.0 Å². The van der Waals surface area contributed by atoms with Crippen LogP contribution < -0.4 is 0 Å². The zero-order chi connectivity index (χ0) is 16.7. The maximum atomic E-state index is 12.3. The van der Waals surface area contributed by atoms with Gasteiger partial charge in [0.1, 0.15) is 5.54 Å². The van der Waals surface area contributed by atoms with Gasteiger partial charge in [0.25, 0.3) is 5.69 Å². The fourth-order valence-electron chi connectivity index (χ4n) is 2.20. The first kappa shape index (κ1) is 16.0. The Balaban J connectivity index is 2.36. The predicted molar refractivity (Wildman–Crippen MR) is 81.4 cm³/mol. The van der Waals surface area contributed by atoms with Gasteiger partial charge in [-0.3, -0.25) is 14.9 Å². The monoisotopic (exact) mass is 304 g/mol. The number of nitro groups is 1. The summed E-state index contributed by atoms with van der Waals surface area (Å²) in [7, 11) is 0. The van der Waals surface area contributed by atoms with Crippen LogP contribution in [0, 0.1) is 15.3 Å². The molecule has 0 bridgehead atoms. The van der Waals surface area contributed by atoms with E-state index in [9.17, 15) is 20.5 Å². The molecule has 1 radical (unpaired) electrons. The number of hydroxylamine groups is 3. The number of hydrogen-bond acceptors (Lipinski definition) is 4. The second-order valence-corrected chi connectivity index (χ2v) is 6.25. The van der Waals surface area contributed by atoms with Crippen LogP contribution in [-0.2, 0) is 5.21 Å². The highest BCUT2D eigenvalue weighted by Gasteiger charge is 2.58. The lowest BCUT2D eigenvalue weighted by molar-refractivity contribution is -0.539. The molecule has 7 heteroatoms. The minimum Gasteiger partial charge on any atom is -0.714 e. The summed E-state index contributed by atoms with van der Waals surface area (Å²) in [4.78, 5) is 10.3. The van der Waals surface area contributed by atoms with Crippen LogP contribution in [0.1, 0.15) is 33.3 Å². The first-order valence-electron chi connectivity index (χ1n) is 6.83. The Kier molecular flexibility index (Phi) is 3.70. The molecular formula is C15H18N3O4. The van der Waals surface area contributed by atoms with Crippen molar-refractivity contribution in [2.75, 3.05) is 0 Å². The lowest BCUT2D eigenvalue weighted by atomic mass is 9.84. The molecular weight excluding hydrogens is 286 g/mol. The van der Waals surface area contributed by atoms with Crippen LogP contribution >= 0.6 is 0 Å². The van der Waals surface area contributed by atoms with Crippen LogP contribution in [0.25, 0.3) is 6.08 Å². The van der Waals surface area contributed by atoms with E-state index in [0.29, 0.717) is 15.4 Å². The highest BCUT2D eigenvalue weighted by molar-refractivity contribution is 5.93. The lowest BCUT2D eigenvalue weighted by Crippen LogP contribution is -2.53. The van der Waals surface area contributed by atoms with Gasteiger partial charge in [-0.2, -0.15) is 0 Å². The number of nitrogens with zero attached hydrogens (tertiary/aromatic N) is 3. The number of rotatable bonds is 3. The van der Waals surface area contributed by atoms with Crippen LogP contribution in [0.2, 0.25) is 0 Å². The molecule has 0 spiro atoms. The van der Waals surface area contributed by atoms with Crippen LogP contribution in [0.5, 0.6) is 0 Å².